The molecule has 7 aromatic rings. The summed E-state index contributed by atoms with van der Waals surface area (Å²) < 4.78 is 0. The van der Waals surface area contributed by atoms with Crippen LogP contribution in [0.3, 0.4) is 0 Å². The van der Waals surface area contributed by atoms with Gasteiger partial charge in [-0.1, -0.05) is 97.1 Å². The molecule has 9 rings (SSSR count). The van der Waals surface area contributed by atoms with Gasteiger partial charge >= 0.3 is 16.8 Å². The van der Waals surface area contributed by atoms with E-state index in [1.54, 1.807) is 0 Å². The van der Waals surface area contributed by atoms with Crippen LogP contribution in [0.15, 0.2) is 97.1 Å². The van der Waals surface area contributed by atoms with Crippen LogP contribution >= 0.6 is 0 Å². The van der Waals surface area contributed by atoms with Gasteiger partial charge in [0.1, 0.15) is 0 Å². The zero-order valence-corrected chi connectivity index (χ0v) is 22.2. The molecule has 2 aliphatic heterocycles. The van der Waals surface area contributed by atoms with Crippen molar-refractivity contribution in [2.24, 2.45) is 0 Å². The van der Waals surface area contributed by atoms with Crippen LogP contribution < -0.4 is 9.97 Å². The van der Waals surface area contributed by atoms with Gasteiger partial charge in [0, 0.05) is 44.8 Å². The summed E-state index contributed by atoms with van der Waals surface area (Å²) >= 11 is 0. The van der Waals surface area contributed by atoms with E-state index >= 15 is 0 Å². The van der Waals surface area contributed by atoms with E-state index in [4.69, 9.17) is 39.9 Å². The van der Waals surface area contributed by atoms with Crippen molar-refractivity contribution in [2.75, 3.05) is 0 Å². The molecule has 8 bridgehead atoms. The molecule has 2 aliphatic rings. The molecule has 0 saturated heterocycles. The Labute approximate surface area is 242 Å². The second kappa shape index (κ2) is 8.88. The van der Waals surface area contributed by atoms with E-state index in [-0.39, 0.29) is 16.8 Å². The fourth-order valence-electron chi connectivity index (χ4n) is 5.46. The molecule has 193 valence electrons. The van der Waals surface area contributed by atoms with Gasteiger partial charge in [-0.3, -0.25) is 0 Å². The van der Waals surface area contributed by atoms with Gasteiger partial charge < -0.3 is 29.9 Å². The van der Waals surface area contributed by atoms with Crippen molar-refractivity contribution in [3.8, 4) is 45.6 Å². The standard InChI is InChI=1S/C32H16N8.Co/c1-2-10-18-17(9-1)25-33-26(18)38-28-21-13-5-6-14-22(21)30(35-28)40-32-24-16-8-7-15-23(24)31(36-32)39-29-20-12-4-3-11-19(20)27(34-29)37-25;/h1-16H;/q-2;+2. The van der Waals surface area contributed by atoms with Crippen molar-refractivity contribution < 1.29 is 16.8 Å². The number of fused-ring (bicyclic) bond motifs is 20. The van der Waals surface area contributed by atoms with Crippen molar-refractivity contribution in [1.82, 2.24) is 39.9 Å². The van der Waals surface area contributed by atoms with Crippen LogP contribution in [0, 0.1) is 0 Å². The summed E-state index contributed by atoms with van der Waals surface area (Å²) in [6.07, 6.45) is 0. The van der Waals surface area contributed by atoms with E-state index in [9.17, 15) is 0 Å². The first kappa shape index (κ1) is 23.6. The molecule has 8 nitrogen and oxygen atoms in total. The average molecular weight is 571 g/mol. The monoisotopic (exact) mass is 571 g/mol. The Morgan fingerprint density at radius 1 is 0.317 bits per heavy atom. The number of rotatable bonds is 0. The van der Waals surface area contributed by atoms with Crippen molar-refractivity contribution in [2.45, 2.75) is 0 Å². The predicted octanol–water partition coefficient (Wildman–Crippen LogP) is 6.12. The van der Waals surface area contributed by atoms with Crippen LogP contribution in [0.4, 0.5) is 0 Å². The number of hydrogen-bond donors (Lipinski definition) is 0. The van der Waals surface area contributed by atoms with E-state index in [1.807, 2.05) is 97.1 Å². The van der Waals surface area contributed by atoms with Gasteiger partial charge in [0.15, 0.2) is 0 Å². The van der Waals surface area contributed by atoms with E-state index in [0.717, 1.165) is 43.8 Å². The van der Waals surface area contributed by atoms with Crippen LogP contribution in [-0.4, -0.2) is 29.9 Å². The fraction of sp³-hybridized carbons (Fsp3) is 0. The molecule has 0 aliphatic carbocycles. The summed E-state index contributed by atoms with van der Waals surface area (Å²) in [5.74, 6) is 2.21. The molecule has 3 aromatic heterocycles. The van der Waals surface area contributed by atoms with Crippen LogP contribution in [0.1, 0.15) is 0 Å². The third-order valence-corrected chi connectivity index (χ3v) is 7.33. The summed E-state index contributed by atoms with van der Waals surface area (Å²) in [6, 6.07) is 31.8. The molecule has 0 amide bonds. The quantitative estimate of drug-likeness (QED) is 0.214. The molecular formula is C32H16CoN8. The Kier molecular flexibility index (Phi) is 5.12. The van der Waals surface area contributed by atoms with Gasteiger partial charge in [-0.15, -0.1) is 0 Å². The smallest absolute Gasteiger partial charge is 0.357 e. The molecule has 0 atom stereocenters. The molecule has 0 fully saturated rings. The number of hydrogen-bond acceptors (Lipinski definition) is 6. The van der Waals surface area contributed by atoms with Crippen molar-refractivity contribution in [1.29, 1.82) is 0 Å². The molecule has 4 aromatic carbocycles. The summed E-state index contributed by atoms with van der Waals surface area (Å²) in [7, 11) is 0. The first-order valence-electron chi connectivity index (χ1n) is 12.9. The minimum Gasteiger partial charge on any atom is -0.357 e. The van der Waals surface area contributed by atoms with E-state index in [1.165, 1.54) is 0 Å². The van der Waals surface area contributed by atoms with Gasteiger partial charge in [0.25, 0.3) is 0 Å². The zero-order chi connectivity index (χ0) is 26.2. The first-order valence-corrected chi connectivity index (χ1v) is 12.9. The fourth-order valence-corrected chi connectivity index (χ4v) is 5.46. The number of nitrogens with zero attached hydrogens (tertiary/aromatic N) is 8. The van der Waals surface area contributed by atoms with E-state index in [2.05, 4.69) is 0 Å². The largest absolute Gasteiger partial charge is 2.00 e. The number of benzene rings is 4. The normalized spacial score (nSPS) is 11.7. The Morgan fingerprint density at radius 3 is 0.829 bits per heavy atom. The van der Waals surface area contributed by atoms with Gasteiger partial charge in [0.05, 0.1) is 23.3 Å². The zero-order valence-electron chi connectivity index (χ0n) is 21.1. The molecule has 0 spiro atoms. The molecule has 0 saturated carbocycles. The third kappa shape index (κ3) is 3.53. The summed E-state index contributed by atoms with van der Waals surface area (Å²) in [5, 5.41) is 3.57. The number of aromatic nitrogens is 8. The Morgan fingerprint density at radius 2 is 0.561 bits per heavy atom. The Hall–Kier alpha value is -5.25. The maximum absolute atomic E-state index is 4.95. The second-order valence-corrected chi connectivity index (χ2v) is 9.67. The van der Waals surface area contributed by atoms with Crippen LogP contribution in [-0.2, 0) is 16.8 Å². The van der Waals surface area contributed by atoms with Gasteiger partial charge in [-0.25, -0.2) is 9.97 Å². The molecule has 1 radical (unpaired) electrons. The third-order valence-electron chi connectivity index (χ3n) is 7.33. The average Bonchev–Trinajstić information content (AvgIpc) is 3.73. The van der Waals surface area contributed by atoms with Crippen molar-refractivity contribution in [3.63, 3.8) is 0 Å². The van der Waals surface area contributed by atoms with Crippen LogP contribution in [0.5, 0.6) is 0 Å². The van der Waals surface area contributed by atoms with Gasteiger partial charge in [0.2, 0.25) is 0 Å². The summed E-state index contributed by atoms with van der Waals surface area (Å²) in [4.78, 5) is 39.3. The van der Waals surface area contributed by atoms with Crippen LogP contribution in [0.25, 0.3) is 89.7 Å². The molecule has 0 N–H and O–H groups in total. The molecule has 41 heavy (non-hydrogen) atoms. The maximum atomic E-state index is 4.95. The van der Waals surface area contributed by atoms with E-state index in [0.29, 0.717) is 45.9 Å². The molecule has 9 heteroatoms. The summed E-state index contributed by atoms with van der Waals surface area (Å²) in [5.41, 5.74) is 5.78. The molecular weight excluding hydrogens is 555 g/mol. The Balaban J connectivity index is 0.00000256. The SMILES string of the molecule is [Co+2].c1ccc2c(c1)-c1nc-2nc2[n-]c(nc3nc(nc4[n-]c(n1)c1ccccc41)-c1ccccc1-3)c1ccccc21. The maximum Gasteiger partial charge on any atom is 2.00 e. The minimum absolute atomic E-state index is 0. The molecule has 0 unspecified atom stereocenters. The van der Waals surface area contributed by atoms with Gasteiger partial charge in [-0.2, -0.15) is 0 Å². The summed E-state index contributed by atoms with van der Waals surface area (Å²) in [6.45, 7) is 0. The van der Waals surface area contributed by atoms with Crippen molar-refractivity contribution >= 4 is 44.1 Å². The van der Waals surface area contributed by atoms with E-state index < -0.39 is 0 Å². The van der Waals surface area contributed by atoms with Gasteiger partial charge in [-0.05, 0) is 21.5 Å². The van der Waals surface area contributed by atoms with Crippen molar-refractivity contribution in [3.05, 3.63) is 97.1 Å². The minimum atomic E-state index is 0. The first-order chi connectivity index (χ1) is 19.8. The Bertz CT molecular complexity index is 2030. The molecule has 5 heterocycles. The second-order valence-electron chi connectivity index (χ2n) is 9.67. The van der Waals surface area contributed by atoms with Crippen LogP contribution in [0.2, 0.25) is 0 Å². The predicted molar refractivity (Wildman–Crippen MR) is 154 cm³/mol. The topological polar surface area (TPSA) is 106 Å².